The third-order valence-electron chi connectivity index (χ3n) is 6.70. The van der Waals surface area contributed by atoms with Gasteiger partial charge in [-0.1, -0.05) is 40.6 Å². The fourth-order valence-electron chi connectivity index (χ4n) is 4.71. The van der Waals surface area contributed by atoms with Gasteiger partial charge in [-0.05, 0) is 44.1 Å². The molecule has 2 aliphatic heterocycles. The molecule has 172 valence electrons. The second-order valence-electron chi connectivity index (χ2n) is 9.11. The maximum absolute atomic E-state index is 12.5. The number of aryl methyl sites for hydroxylation is 1. The first-order valence-corrected chi connectivity index (χ1v) is 11.7. The van der Waals surface area contributed by atoms with Crippen molar-refractivity contribution >= 4 is 11.8 Å². The van der Waals surface area contributed by atoms with Crippen molar-refractivity contribution in [3.05, 3.63) is 47.3 Å². The van der Waals surface area contributed by atoms with Gasteiger partial charge < -0.3 is 10.2 Å². The summed E-state index contributed by atoms with van der Waals surface area (Å²) < 4.78 is 4.67. The molecule has 0 aliphatic carbocycles. The number of carbonyl (C=O) groups excluding carboxylic acids is 2. The summed E-state index contributed by atoms with van der Waals surface area (Å²) in [5.74, 6) is 0.726. The summed E-state index contributed by atoms with van der Waals surface area (Å²) >= 11 is 0. The number of benzene rings is 1. The quantitative estimate of drug-likeness (QED) is 0.679. The lowest BCUT2D eigenvalue weighted by Crippen LogP contribution is -2.40. The first-order chi connectivity index (χ1) is 15.6. The molecule has 2 aliphatic rings. The molecule has 1 unspecified atom stereocenters. The van der Waals surface area contributed by atoms with Crippen molar-refractivity contribution in [1.29, 1.82) is 0 Å². The van der Waals surface area contributed by atoms with Crippen molar-refractivity contribution in [2.75, 3.05) is 26.2 Å². The first-order valence-electron chi connectivity index (χ1n) is 11.7. The maximum atomic E-state index is 12.5. The van der Waals surface area contributed by atoms with E-state index >= 15 is 0 Å². The monoisotopic (exact) mass is 439 g/mol. The third-order valence-corrected chi connectivity index (χ3v) is 6.70. The number of amides is 2. The van der Waals surface area contributed by atoms with Crippen LogP contribution in [0.25, 0.3) is 0 Å². The van der Waals surface area contributed by atoms with Crippen LogP contribution in [-0.2, 0) is 22.6 Å². The molecule has 1 atom stereocenters. The lowest BCUT2D eigenvalue weighted by molar-refractivity contribution is -0.132. The molecule has 8 heteroatoms. The van der Waals surface area contributed by atoms with Crippen LogP contribution in [0.5, 0.6) is 0 Å². The Morgan fingerprint density at radius 1 is 1.09 bits per heavy atom. The Labute approximate surface area is 189 Å². The van der Waals surface area contributed by atoms with Crippen molar-refractivity contribution < 1.29 is 14.2 Å². The molecule has 2 saturated heterocycles. The SMILES string of the molecule is Cc1nonc1CC(=O)N1CCC(CCC(=O)NC2CCN(Cc3ccccc3)C2)CC1. The topological polar surface area (TPSA) is 91.6 Å². The van der Waals surface area contributed by atoms with E-state index < -0.39 is 0 Å². The van der Waals surface area contributed by atoms with Gasteiger partial charge in [0.15, 0.2) is 0 Å². The Morgan fingerprint density at radius 2 is 1.88 bits per heavy atom. The zero-order valence-corrected chi connectivity index (χ0v) is 18.8. The number of carbonyl (C=O) groups is 2. The molecule has 8 nitrogen and oxygen atoms in total. The van der Waals surface area contributed by atoms with E-state index in [-0.39, 0.29) is 24.3 Å². The molecule has 1 aromatic carbocycles. The summed E-state index contributed by atoms with van der Waals surface area (Å²) in [6, 6.07) is 10.7. The molecule has 0 bridgehead atoms. The number of piperidine rings is 1. The van der Waals surface area contributed by atoms with Gasteiger partial charge in [0, 0.05) is 45.2 Å². The minimum atomic E-state index is 0.0706. The number of nitrogens with one attached hydrogen (secondary N) is 1. The molecule has 3 heterocycles. The third kappa shape index (κ3) is 6.16. The Morgan fingerprint density at radius 3 is 2.59 bits per heavy atom. The lowest BCUT2D eigenvalue weighted by atomic mass is 9.91. The van der Waals surface area contributed by atoms with Crippen LogP contribution in [-0.4, -0.2) is 64.1 Å². The minimum Gasteiger partial charge on any atom is -0.352 e. The van der Waals surface area contributed by atoms with Crippen molar-refractivity contribution in [2.24, 2.45) is 5.92 Å². The first kappa shape index (κ1) is 22.5. The molecule has 2 fully saturated rings. The fraction of sp³-hybridized carbons (Fsp3) is 0.583. The number of rotatable bonds is 8. The van der Waals surface area contributed by atoms with E-state index in [0.29, 0.717) is 23.7 Å². The van der Waals surface area contributed by atoms with E-state index in [4.69, 9.17) is 0 Å². The molecule has 4 rings (SSSR count). The number of hydrogen-bond acceptors (Lipinski definition) is 6. The van der Waals surface area contributed by atoms with Gasteiger partial charge in [0.05, 0.1) is 6.42 Å². The smallest absolute Gasteiger partial charge is 0.228 e. The molecular formula is C24H33N5O3. The summed E-state index contributed by atoms with van der Waals surface area (Å²) in [4.78, 5) is 29.2. The van der Waals surface area contributed by atoms with Crippen LogP contribution in [0.1, 0.15) is 49.1 Å². The lowest BCUT2D eigenvalue weighted by Gasteiger charge is -2.32. The van der Waals surface area contributed by atoms with Crippen molar-refractivity contribution in [3.63, 3.8) is 0 Å². The van der Waals surface area contributed by atoms with E-state index in [1.165, 1.54) is 5.56 Å². The zero-order chi connectivity index (χ0) is 22.3. The van der Waals surface area contributed by atoms with E-state index in [2.05, 4.69) is 49.4 Å². The van der Waals surface area contributed by atoms with Gasteiger partial charge in [-0.15, -0.1) is 0 Å². The van der Waals surface area contributed by atoms with Crippen LogP contribution < -0.4 is 5.32 Å². The van der Waals surface area contributed by atoms with E-state index in [0.717, 1.165) is 58.4 Å². The van der Waals surface area contributed by atoms with Crippen molar-refractivity contribution in [1.82, 2.24) is 25.4 Å². The largest absolute Gasteiger partial charge is 0.352 e. The molecule has 1 N–H and O–H groups in total. The van der Waals surface area contributed by atoms with Gasteiger partial charge in [-0.25, -0.2) is 4.63 Å². The van der Waals surface area contributed by atoms with E-state index in [1.807, 2.05) is 11.0 Å². The highest BCUT2D eigenvalue weighted by Crippen LogP contribution is 2.23. The second kappa shape index (κ2) is 10.7. The second-order valence-corrected chi connectivity index (χ2v) is 9.11. The number of likely N-dealkylation sites (tertiary alicyclic amines) is 2. The van der Waals surface area contributed by atoms with Crippen LogP contribution >= 0.6 is 0 Å². The normalized spacial score (nSPS) is 19.9. The minimum absolute atomic E-state index is 0.0706. The Bertz CT molecular complexity index is 892. The standard InChI is InChI=1S/C24H33N5O3/c1-18-22(27-32-26-18)15-24(31)29-13-9-19(10-14-29)7-8-23(30)25-21-11-12-28(17-21)16-20-5-3-2-4-6-20/h2-6,19,21H,7-17H2,1H3,(H,25,30). The van der Waals surface area contributed by atoms with Gasteiger partial charge >= 0.3 is 0 Å². The molecule has 2 aromatic rings. The number of hydrogen-bond donors (Lipinski definition) is 1. The molecule has 0 saturated carbocycles. The Hall–Kier alpha value is -2.74. The van der Waals surface area contributed by atoms with Gasteiger partial charge in [0.1, 0.15) is 11.4 Å². The van der Waals surface area contributed by atoms with Crippen LogP contribution in [0.2, 0.25) is 0 Å². The summed E-state index contributed by atoms with van der Waals surface area (Å²) in [7, 11) is 0. The highest BCUT2D eigenvalue weighted by Gasteiger charge is 2.26. The number of nitrogens with zero attached hydrogens (tertiary/aromatic N) is 4. The average Bonchev–Trinajstić information content (AvgIpc) is 3.41. The Kier molecular flexibility index (Phi) is 7.52. The predicted octanol–water partition coefficient (Wildman–Crippen LogP) is 2.33. The van der Waals surface area contributed by atoms with Gasteiger partial charge in [0.25, 0.3) is 0 Å². The summed E-state index contributed by atoms with van der Waals surface area (Å²) in [6.07, 6.45) is 4.61. The highest BCUT2D eigenvalue weighted by atomic mass is 16.6. The zero-order valence-electron chi connectivity index (χ0n) is 18.8. The van der Waals surface area contributed by atoms with Crippen LogP contribution in [0.15, 0.2) is 35.0 Å². The average molecular weight is 440 g/mol. The van der Waals surface area contributed by atoms with Crippen molar-refractivity contribution in [2.45, 2.75) is 58.0 Å². The molecular weight excluding hydrogens is 406 g/mol. The van der Waals surface area contributed by atoms with Gasteiger partial charge in [0.2, 0.25) is 11.8 Å². The van der Waals surface area contributed by atoms with Gasteiger partial charge in [-0.3, -0.25) is 14.5 Å². The van der Waals surface area contributed by atoms with Crippen molar-refractivity contribution in [3.8, 4) is 0 Å². The molecule has 0 radical (unpaired) electrons. The summed E-state index contributed by atoms with van der Waals surface area (Å²) in [5.41, 5.74) is 2.60. The van der Waals surface area contributed by atoms with E-state index in [1.54, 1.807) is 6.92 Å². The van der Waals surface area contributed by atoms with Crippen LogP contribution in [0.3, 0.4) is 0 Å². The maximum Gasteiger partial charge on any atom is 0.228 e. The number of aromatic nitrogens is 2. The van der Waals surface area contributed by atoms with E-state index in [9.17, 15) is 9.59 Å². The highest BCUT2D eigenvalue weighted by molar-refractivity contribution is 5.78. The molecule has 2 amide bonds. The molecule has 0 spiro atoms. The molecule has 32 heavy (non-hydrogen) atoms. The Balaban J connectivity index is 1.11. The van der Waals surface area contributed by atoms with Gasteiger partial charge in [-0.2, -0.15) is 0 Å². The van der Waals surface area contributed by atoms with Crippen LogP contribution in [0.4, 0.5) is 0 Å². The summed E-state index contributed by atoms with van der Waals surface area (Å²) in [6.45, 7) is 6.16. The fourth-order valence-corrected chi connectivity index (χ4v) is 4.71. The predicted molar refractivity (Wildman–Crippen MR) is 120 cm³/mol. The van der Waals surface area contributed by atoms with Crippen LogP contribution in [0, 0.1) is 12.8 Å². The molecule has 1 aromatic heterocycles. The summed E-state index contributed by atoms with van der Waals surface area (Å²) in [5, 5.41) is 10.8.